The van der Waals surface area contributed by atoms with Crippen molar-refractivity contribution in [3.05, 3.63) is 145 Å². The number of aryl methyl sites for hydroxylation is 2. The molecule has 0 atom stereocenters. The number of nitrogens with zero attached hydrogens (tertiary/aromatic N) is 2. The minimum absolute atomic E-state index is 0.0342. The Morgan fingerprint density at radius 3 is 1.30 bits per heavy atom. The minimum atomic E-state index is -3.96. The molecule has 4 aromatic rings. The summed E-state index contributed by atoms with van der Waals surface area (Å²) in [6.07, 6.45) is 3.48. The van der Waals surface area contributed by atoms with Crippen LogP contribution >= 0.6 is 0 Å². The molecule has 0 aliphatic carbocycles. The van der Waals surface area contributed by atoms with Crippen molar-refractivity contribution >= 4 is 20.0 Å². The van der Waals surface area contributed by atoms with Gasteiger partial charge in [0.1, 0.15) is 24.7 Å². The van der Waals surface area contributed by atoms with E-state index >= 15 is 0 Å². The van der Waals surface area contributed by atoms with Gasteiger partial charge in [-0.1, -0.05) is 97.1 Å². The average Bonchev–Trinajstić information content (AvgIpc) is 3.06. The molecule has 0 aliphatic heterocycles. The Labute approximate surface area is 279 Å². The van der Waals surface area contributed by atoms with Crippen LogP contribution in [0, 0.1) is 13.8 Å². The molecule has 248 valence electrons. The Kier molecular flexibility index (Phi) is 12.6. The number of hydrogen-bond donors (Lipinski definition) is 0. The van der Waals surface area contributed by atoms with Crippen molar-refractivity contribution in [1.29, 1.82) is 0 Å². The molecular weight excluding hydrogens is 633 g/mol. The van der Waals surface area contributed by atoms with Crippen molar-refractivity contribution in [3.63, 3.8) is 0 Å². The van der Waals surface area contributed by atoms with E-state index in [0.29, 0.717) is 22.6 Å². The molecule has 0 aliphatic rings. The number of benzene rings is 4. The largest absolute Gasteiger partial charge is 0.489 e. The Hall–Kier alpha value is -4.22. The summed E-state index contributed by atoms with van der Waals surface area (Å²) in [6, 6.07) is 27.9. The van der Waals surface area contributed by atoms with E-state index in [4.69, 9.17) is 9.47 Å². The first-order chi connectivity index (χ1) is 22.6. The van der Waals surface area contributed by atoms with Crippen molar-refractivity contribution in [2.75, 3.05) is 26.3 Å². The number of sulfonamides is 2. The maximum atomic E-state index is 14.0. The monoisotopic (exact) mass is 674 g/mol. The Morgan fingerprint density at radius 2 is 0.936 bits per heavy atom. The lowest BCUT2D eigenvalue weighted by Crippen LogP contribution is -2.36. The normalized spacial score (nSPS) is 11.8. The fraction of sp³-hybridized carbons (Fsp3) is 0.243. The molecule has 0 saturated heterocycles. The van der Waals surface area contributed by atoms with E-state index in [1.807, 2.05) is 50.2 Å². The summed E-state index contributed by atoms with van der Waals surface area (Å²) in [5.74, 6) is 1.10. The van der Waals surface area contributed by atoms with Gasteiger partial charge in [-0.3, -0.25) is 0 Å². The fourth-order valence-corrected chi connectivity index (χ4v) is 7.85. The van der Waals surface area contributed by atoms with E-state index in [-0.39, 0.29) is 55.6 Å². The summed E-state index contributed by atoms with van der Waals surface area (Å²) in [4.78, 5) is 0.315. The second-order valence-electron chi connectivity index (χ2n) is 11.1. The molecule has 4 aromatic carbocycles. The molecule has 8 nitrogen and oxygen atoms in total. The molecule has 0 unspecified atom stereocenters. The van der Waals surface area contributed by atoms with E-state index in [1.165, 1.54) is 8.61 Å². The summed E-state index contributed by atoms with van der Waals surface area (Å²) in [7, 11) is -7.92. The zero-order valence-corrected chi connectivity index (χ0v) is 28.5. The molecule has 10 heteroatoms. The third kappa shape index (κ3) is 9.42. The van der Waals surface area contributed by atoms with Crippen molar-refractivity contribution in [1.82, 2.24) is 8.61 Å². The lowest BCUT2D eigenvalue weighted by Gasteiger charge is -2.27. The van der Waals surface area contributed by atoms with Crippen molar-refractivity contribution in [2.24, 2.45) is 0 Å². The number of ether oxygens (including phenoxy) is 2. The Bertz CT molecular complexity index is 1720. The lowest BCUT2D eigenvalue weighted by atomic mass is 10.2. The van der Waals surface area contributed by atoms with E-state index < -0.39 is 20.0 Å². The molecule has 0 saturated carbocycles. The molecular formula is C37H42N2O6S2. The molecule has 0 heterocycles. The first-order valence-electron chi connectivity index (χ1n) is 15.3. The number of hydrogen-bond acceptors (Lipinski definition) is 6. The molecule has 0 radical (unpaired) electrons. The van der Waals surface area contributed by atoms with Gasteiger partial charge >= 0.3 is 0 Å². The predicted molar refractivity (Wildman–Crippen MR) is 186 cm³/mol. The molecule has 0 bridgehead atoms. The second-order valence-corrected chi connectivity index (χ2v) is 14.9. The van der Waals surface area contributed by atoms with Crippen molar-refractivity contribution in [3.8, 4) is 11.5 Å². The van der Waals surface area contributed by atoms with Crippen molar-refractivity contribution < 1.29 is 26.3 Å². The Morgan fingerprint density at radius 1 is 0.574 bits per heavy atom. The van der Waals surface area contributed by atoms with E-state index in [2.05, 4.69) is 13.2 Å². The summed E-state index contributed by atoms with van der Waals surface area (Å²) in [5, 5.41) is 0. The SMILES string of the molecule is C=CCOc1ccccc1CN(CCCN(Cc1ccccc1OCC=C)S(=O)(=O)c1ccc(C)cc1)S(=O)(=O)c1ccc(C)cc1. The van der Waals surface area contributed by atoms with Gasteiger partial charge in [-0.25, -0.2) is 16.8 Å². The predicted octanol–water partition coefficient (Wildman–Crippen LogP) is 6.91. The summed E-state index contributed by atoms with van der Waals surface area (Å²) in [5.41, 5.74) is 3.24. The highest BCUT2D eigenvalue weighted by Gasteiger charge is 2.29. The van der Waals surface area contributed by atoms with Crippen LogP contribution in [0.3, 0.4) is 0 Å². The standard InChI is InChI=1S/C37H42N2O6S2/c1-5-26-44-36-14-9-7-12-32(36)28-38(46(40,41)34-20-16-30(3)17-21-34)24-11-25-39(47(42,43)35-22-18-31(4)19-23-35)29-33-13-8-10-15-37(33)45-27-6-2/h5-10,12-23H,1-2,11,24-29H2,3-4H3. The zero-order chi connectivity index (χ0) is 33.9. The van der Waals surface area contributed by atoms with Crippen LogP contribution in [0.1, 0.15) is 28.7 Å². The van der Waals surface area contributed by atoms with Gasteiger partial charge in [-0.05, 0) is 56.7 Å². The highest BCUT2D eigenvalue weighted by molar-refractivity contribution is 7.89. The van der Waals surface area contributed by atoms with Crippen LogP contribution in [0.2, 0.25) is 0 Å². The van der Waals surface area contributed by atoms with Crippen molar-refractivity contribution in [2.45, 2.75) is 43.1 Å². The van der Waals surface area contributed by atoms with E-state index in [9.17, 15) is 16.8 Å². The fourth-order valence-electron chi connectivity index (χ4n) is 4.94. The molecule has 4 rings (SSSR count). The first kappa shape index (κ1) is 35.6. The number of rotatable bonds is 18. The van der Waals surface area contributed by atoms with Crippen LogP contribution in [0.25, 0.3) is 0 Å². The minimum Gasteiger partial charge on any atom is -0.489 e. The second kappa shape index (κ2) is 16.6. The van der Waals surface area contributed by atoms with E-state index in [0.717, 1.165) is 11.1 Å². The van der Waals surface area contributed by atoms with Gasteiger partial charge < -0.3 is 9.47 Å². The first-order valence-corrected chi connectivity index (χ1v) is 18.2. The molecule has 0 N–H and O–H groups in total. The summed E-state index contributed by atoms with van der Waals surface area (Å²) < 4.78 is 70.6. The van der Waals surface area contributed by atoms with E-state index in [1.54, 1.807) is 72.8 Å². The molecule has 0 amide bonds. The van der Waals surface area contributed by atoms with Gasteiger partial charge in [0.15, 0.2) is 0 Å². The quantitative estimate of drug-likeness (QED) is 0.107. The summed E-state index contributed by atoms with van der Waals surface area (Å²) in [6.45, 7) is 11.9. The zero-order valence-electron chi connectivity index (χ0n) is 26.9. The van der Waals surface area contributed by atoms with Gasteiger partial charge in [0.25, 0.3) is 0 Å². The van der Waals surface area contributed by atoms with Crippen LogP contribution in [-0.2, 0) is 33.1 Å². The van der Waals surface area contributed by atoms with Gasteiger partial charge in [-0.15, -0.1) is 0 Å². The highest BCUT2D eigenvalue weighted by Crippen LogP contribution is 2.27. The smallest absolute Gasteiger partial charge is 0.243 e. The average molecular weight is 675 g/mol. The maximum Gasteiger partial charge on any atom is 0.243 e. The molecule has 0 aromatic heterocycles. The van der Waals surface area contributed by atoms with Gasteiger partial charge in [0.2, 0.25) is 20.0 Å². The molecule has 47 heavy (non-hydrogen) atoms. The topological polar surface area (TPSA) is 93.2 Å². The van der Waals surface area contributed by atoms with Gasteiger partial charge in [-0.2, -0.15) is 8.61 Å². The molecule has 0 spiro atoms. The lowest BCUT2D eigenvalue weighted by molar-refractivity contribution is 0.329. The number of para-hydroxylation sites is 2. The Balaban J connectivity index is 1.67. The van der Waals surface area contributed by atoms with Gasteiger partial charge in [0.05, 0.1) is 9.79 Å². The van der Waals surface area contributed by atoms with Crippen LogP contribution in [0.5, 0.6) is 11.5 Å². The third-order valence-electron chi connectivity index (χ3n) is 7.48. The summed E-state index contributed by atoms with van der Waals surface area (Å²) >= 11 is 0. The van der Waals surface area contributed by atoms with Crippen LogP contribution in [0.15, 0.2) is 132 Å². The third-order valence-corrected chi connectivity index (χ3v) is 11.2. The van der Waals surface area contributed by atoms with Crippen LogP contribution in [0.4, 0.5) is 0 Å². The molecule has 0 fully saturated rings. The van der Waals surface area contributed by atoms with Crippen LogP contribution in [-0.4, -0.2) is 51.7 Å². The highest BCUT2D eigenvalue weighted by atomic mass is 32.2. The van der Waals surface area contributed by atoms with Crippen LogP contribution < -0.4 is 9.47 Å². The maximum absolute atomic E-state index is 14.0. The van der Waals surface area contributed by atoms with Gasteiger partial charge in [0, 0.05) is 37.3 Å².